The maximum Gasteiger partial charge on any atom is 0.180 e. The predicted molar refractivity (Wildman–Crippen MR) is 87.6 cm³/mol. The highest BCUT2D eigenvalue weighted by Gasteiger charge is 2.09. The first-order chi connectivity index (χ1) is 10.7. The van der Waals surface area contributed by atoms with Crippen molar-refractivity contribution >= 4 is 5.65 Å². The molecule has 0 radical (unpaired) electrons. The Labute approximate surface area is 130 Å². The van der Waals surface area contributed by atoms with E-state index in [1.54, 1.807) is 0 Å². The topological polar surface area (TPSA) is 35.8 Å². The number of nitrogens with zero attached hydrogens (tertiary/aromatic N) is 2. The molecule has 0 aliphatic heterocycles. The number of ether oxygens (including phenoxy) is 2. The monoisotopic (exact) mass is 296 g/mol. The summed E-state index contributed by atoms with van der Waals surface area (Å²) in [6, 6.07) is 11.9. The molecule has 0 atom stereocenters. The zero-order valence-corrected chi connectivity index (χ0v) is 13.1. The van der Waals surface area contributed by atoms with Crippen molar-refractivity contribution in [3.05, 3.63) is 48.8 Å². The Morgan fingerprint density at radius 3 is 2.59 bits per heavy atom. The van der Waals surface area contributed by atoms with Gasteiger partial charge >= 0.3 is 0 Å². The number of hydrogen-bond donors (Lipinski definition) is 0. The summed E-state index contributed by atoms with van der Waals surface area (Å²) in [5, 5.41) is 0. The smallest absolute Gasteiger partial charge is 0.180 e. The quantitative estimate of drug-likeness (QED) is 0.708. The molecule has 0 unspecified atom stereocenters. The third-order valence-electron chi connectivity index (χ3n) is 3.27. The van der Waals surface area contributed by atoms with Gasteiger partial charge in [0.15, 0.2) is 11.4 Å². The van der Waals surface area contributed by atoms with Crippen LogP contribution in [0, 0.1) is 0 Å². The first-order valence-electron chi connectivity index (χ1n) is 7.55. The Kier molecular flexibility index (Phi) is 4.00. The lowest BCUT2D eigenvalue weighted by atomic mass is 10.1. The molecule has 0 aliphatic rings. The zero-order chi connectivity index (χ0) is 15.5. The van der Waals surface area contributed by atoms with Crippen molar-refractivity contribution in [3.63, 3.8) is 0 Å². The van der Waals surface area contributed by atoms with E-state index in [0.717, 1.165) is 28.4 Å². The fourth-order valence-corrected chi connectivity index (χ4v) is 2.37. The summed E-state index contributed by atoms with van der Waals surface area (Å²) in [6.07, 6.45) is 4.16. The molecule has 0 bridgehead atoms. The van der Waals surface area contributed by atoms with Crippen LogP contribution in [-0.4, -0.2) is 22.1 Å². The van der Waals surface area contributed by atoms with Crippen molar-refractivity contribution in [1.82, 2.24) is 9.38 Å². The first kappa shape index (κ1) is 14.4. The molecule has 1 aromatic carbocycles. The predicted octanol–water partition coefficient (Wildman–Crippen LogP) is 4.19. The third-order valence-corrected chi connectivity index (χ3v) is 3.27. The van der Waals surface area contributed by atoms with Gasteiger partial charge in [-0.3, -0.25) is 0 Å². The van der Waals surface area contributed by atoms with Crippen molar-refractivity contribution in [1.29, 1.82) is 0 Å². The molecule has 4 heteroatoms. The minimum atomic E-state index is 0.176. The number of hydrogen-bond acceptors (Lipinski definition) is 3. The Bertz CT molecular complexity index is 760. The van der Waals surface area contributed by atoms with Crippen LogP contribution < -0.4 is 9.47 Å². The number of imidazole rings is 1. The van der Waals surface area contributed by atoms with Crippen LogP contribution in [0.15, 0.2) is 48.8 Å². The van der Waals surface area contributed by atoms with E-state index in [0.29, 0.717) is 6.61 Å². The second-order valence-corrected chi connectivity index (χ2v) is 5.35. The van der Waals surface area contributed by atoms with E-state index < -0.39 is 0 Å². The average molecular weight is 296 g/mol. The van der Waals surface area contributed by atoms with Crippen LogP contribution in [0.2, 0.25) is 0 Å². The number of rotatable bonds is 5. The van der Waals surface area contributed by atoms with Crippen molar-refractivity contribution in [2.24, 2.45) is 0 Å². The second-order valence-electron chi connectivity index (χ2n) is 5.35. The van der Waals surface area contributed by atoms with Crippen molar-refractivity contribution in [2.45, 2.75) is 26.9 Å². The molecule has 2 heterocycles. The SMILES string of the molecule is CCOc1cccn2cc(-c3ccc(OC(C)C)cc3)nc12. The highest BCUT2D eigenvalue weighted by atomic mass is 16.5. The minimum Gasteiger partial charge on any atom is -0.491 e. The molecule has 0 N–H and O–H groups in total. The number of fused-ring (bicyclic) bond motifs is 1. The zero-order valence-electron chi connectivity index (χ0n) is 13.1. The fourth-order valence-electron chi connectivity index (χ4n) is 2.37. The molecule has 114 valence electrons. The molecule has 0 aliphatic carbocycles. The van der Waals surface area contributed by atoms with Crippen LogP contribution in [0.4, 0.5) is 0 Å². The van der Waals surface area contributed by atoms with Crippen LogP contribution in [0.25, 0.3) is 16.9 Å². The molecule has 3 rings (SSSR count). The highest BCUT2D eigenvalue weighted by Crippen LogP contribution is 2.26. The maximum absolute atomic E-state index is 5.67. The number of aromatic nitrogens is 2. The summed E-state index contributed by atoms with van der Waals surface area (Å²) < 4.78 is 13.3. The summed E-state index contributed by atoms with van der Waals surface area (Å²) in [6.45, 7) is 6.64. The molecule has 0 fully saturated rings. The maximum atomic E-state index is 5.67. The summed E-state index contributed by atoms with van der Waals surface area (Å²) in [5.41, 5.74) is 2.81. The molecular formula is C18H20N2O2. The Balaban J connectivity index is 1.94. The lowest BCUT2D eigenvalue weighted by molar-refractivity contribution is 0.242. The van der Waals surface area contributed by atoms with Gasteiger partial charge in [-0.25, -0.2) is 4.98 Å². The van der Waals surface area contributed by atoms with E-state index in [9.17, 15) is 0 Å². The van der Waals surface area contributed by atoms with Gasteiger partial charge in [0.1, 0.15) is 5.75 Å². The normalized spacial score (nSPS) is 11.1. The number of benzene rings is 1. The Hall–Kier alpha value is -2.49. The summed E-state index contributed by atoms with van der Waals surface area (Å²) >= 11 is 0. The fraction of sp³-hybridized carbons (Fsp3) is 0.278. The lowest BCUT2D eigenvalue weighted by Gasteiger charge is -2.09. The molecule has 22 heavy (non-hydrogen) atoms. The molecule has 2 aromatic heterocycles. The van der Waals surface area contributed by atoms with E-state index in [2.05, 4.69) is 4.98 Å². The van der Waals surface area contributed by atoms with Gasteiger partial charge in [0.2, 0.25) is 0 Å². The lowest BCUT2D eigenvalue weighted by Crippen LogP contribution is -2.05. The molecule has 0 spiro atoms. The van der Waals surface area contributed by atoms with Gasteiger partial charge in [-0.15, -0.1) is 0 Å². The first-order valence-corrected chi connectivity index (χ1v) is 7.55. The van der Waals surface area contributed by atoms with Gasteiger partial charge in [-0.2, -0.15) is 0 Å². The summed E-state index contributed by atoms with van der Waals surface area (Å²) in [5.74, 6) is 1.67. The average Bonchev–Trinajstić information content (AvgIpc) is 2.93. The van der Waals surface area contributed by atoms with Crippen LogP contribution in [0.1, 0.15) is 20.8 Å². The molecule has 3 aromatic rings. The van der Waals surface area contributed by atoms with Gasteiger partial charge in [-0.05, 0) is 57.2 Å². The van der Waals surface area contributed by atoms with Gasteiger partial charge in [0.05, 0.1) is 18.4 Å². The van der Waals surface area contributed by atoms with Crippen molar-refractivity contribution < 1.29 is 9.47 Å². The minimum absolute atomic E-state index is 0.176. The van der Waals surface area contributed by atoms with Gasteiger partial charge in [0.25, 0.3) is 0 Å². The van der Waals surface area contributed by atoms with E-state index >= 15 is 0 Å². The summed E-state index contributed by atoms with van der Waals surface area (Å²) in [4.78, 5) is 4.69. The third kappa shape index (κ3) is 2.91. The molecule has 4 nitrogen and oxygen atoms in total. The van der Waals surface area contributed by atoms with E-state index in [1.165, 1.54) is 0 Å². The van der Waals surface area contributed by atoms with Crippen LogP contribution >= 0.6 is 0 Å². The molecule has 0 amide bonds. The van der Waals surface area contributed by atoms with Crippen LogP contribution in [0.5, 0.6) is 11.5 Å². The van der Waals surface area contributed by atoms with E-state index in [1.807, 2.05) is 74.0 Å². The molecule has 0 saturated heterocycles. The molecule has 0 saturated carbocycles. The van der Waals surface area contributed by atoms with Crippen LogP contribution in [-0.2, 0) is 0 Å². The highest BCUT2D eigenvalue weighted by molar-refractivity contribution is 5.66. The van der Waals surface area contributed by atoms with E-state index in [4.69, 9.17) is 9.47 Å². The number of pyridine rings is 1. The Morgan fingerprint density at radius 2 is 1.91 bits per heavy atom. The van der Waals surface area contributed by atoms with Gasteiger partial charge in [0, 0.05) is 18.0 Å². The van der Waals surface area contributed by atoms with E-state index in [-0.39, 0.29) is 6.10 Å². The summed E-state index contributed by atoms with van der Waals surface area (Å²) in [7, 11) is 0. The van der Waals surface area contributed by atoms with Gasteiger partial charge < -0.3 is 13.9 Å². The second kappa shape index (κ2) is 6.10. The van der Waals surface area contributed by atoms with Crippen molar-refractivity contribution in [2.75, 3.05) is 6.61 Å². The largest absolute Gasteiger partial charge is 0.491 e. The standard InChI is InChI=1S/C18H20N2O2/c1-4-21-17-6-5-11-20-12-16(19-18(17)20)14-7-9-15(10-8-14)22-13(2)3/h5-13H,4H2,1-3H3. The Morgan fingerprint density at radius 1 is 1.14 bits per heavy atom. The van der Waals surface area contributed by atoms with Crippen LogP contribution in [0.3, 0.4) is 0 Å². The van der Waals surface area contributed by atoms with Crippen molar-refractivity contribution in [3.8, 4) is 22.8 Å². The molecular weight excluding hydrogens is 276 g/mol. The van der Waals surface area contributed by atoms with Gasteiger partial charge in [-0.1, -0.05) is 0 Å².